The van der Waals surface area contributed by atoms with Crippen LogP contribution in [0.3, 0.4) is 0 Å². The number of carboxylic acid groups (broad SMARTS) is 1. The molecule has 0 radical (unpaired) electrons. The van der Waals surface area contributed by atoms with Gasteiger partial charge in [0.15, 0.2) is 0 Å². The Balaban J connectivity index is 1.71. The summed E-state index contributed by atoms with van der Waals surface area (Å²) in [5.74, 6) is 1.65. The van der Waals surface area contributed by atoms with Gasteiger partial charge in [-0.05, 0) is 92.8 Å². The predicted octanol–water partition coefficient (Wildman–Crippen LogP) is 4.09. The Hall–Kier alpha value is -0.570. The SMILES string of the molecule is CC1(C(=O)O)CCCC2(C)C3CC4CCC3(CCC12)CC4CO. The molecule has 3 heteroatoms. The molecule has 7 atom stereocenters. The van der Waals surface area contributed by atoms with Crippen molar-refractivity contribution in [2.75, 3.05) is 6.61 Å². The Kier molecular flexibility index (Phi) is 3.44. The molecule has 0 aromatic rings. The number of aliphatic carboxylic acids is 1. The molecule has 5 saturated carbocycles. The zero-order valence-electron chi connectivity index (χ0n) is 14.7. The van der Waals surface area contributed by atoms with Crippen molar-refractivity contribution < 1.29 is 15.0 Å². The summed E-state index contributed by atoms with van der Waals surface area (Å²) in [5.41, 5.74) is 0.0779. The molecule has 7 unspecified atom stereocenters. The number of aliphatic hydroxyl groups is 1. The van der Waals surface area contributed by atoms with Crippen LogP contribution in [0.25, 0.3) is 0 Å². The number of rotatable bonds is 2. The van der Waals surface area contributed by atoms with Crippen LogP contribution in [0.4, 0.5) is 0 Å². The van der Waals surface area contributed by atoms with Gasteiger partial charge in [0.05, 0.1) is 5.41 Å². The molecule has 1 spiro atoms. The summed E-state index contributed by atoms with van der Waals surface area (Å²) in [6.07, 6.45) is 10.5. The maximum absolute atomic E-state index is 12.1. The molecule has 0 amide bonds. The first kappa shape index (κ1) is 15.9. The lowest BCUT2D eigenvalue weighted by Crippen LogP contribution is -2.62. The molecule has 5 fully saturated rings. The third-order valence-electron chi connectivity index (χ3n) is 9.05. The number of fused-ring (bicyclic) bond motifs is 3. The minimum atomic E-state index is -0.571. The second-order valence-corrected chi connectivity index (χ2v) is 9.77. The van der Waals surface area contributed by atoms with E-state index in [-0.39, 0.29) is 5.41 Å². The van der Waals surface area contributed by atoms with Gasteiger partial charge in [-0.15, -0.1) is 0 Å². The van der Waals surface area contributed by atoms with Crippen molar-refractivity contribution >= 4 is 5.97 Å². The van der Waals surface area contributed by atoms with Gasteiger partial charge in [0.2, 0.25) is 0 Å². The van der Waals surface area contributed by atoms with Gasteiger partial charge >= 0.3 is 5.97 Å². The summed E-state index contributed by atoms with van der Waals surface area (Å²) in [6, 6.07) is 0. The molecule has 5 aliphatic carbocycles. The third kappa shape index (κ3) is 1.95. The van der Waals surface area contributed by atoms with E-state index < -0.39 is 11.4 Å². The summed E-state index contributed by atoms with van der Waals surface area (Å²) >= 11 is 0. The molecule has 5 rings (SSSR count). The first-order chi connectivity index (χ1) is 10.9. The summed E-state index contributed by atoms with van der Waals surface area (Å²) in [4.78, 5) is 12.1. The third-order valence-corrected chi connectivity index (χ3v) is 9.05. The largest absolute Gasteiger partial charge is 0.481 e. The topological polar surface area (TPSA) is 57.5 Å². The molecule has 2 bridgehead atoms. The van der Waals surface area contributed by atoms with Crippen LogP contribution in [0.2, 0.25) is 0 Å². The van der Waals surface area contributed by atoms with Crippen LogP contribution in [-0.4, -0.2) is 22.8 Å². The van der Waals surface area contributed by atoms with Crippen LogP contribution >= 0.6 is 0 Å². The average Bonchev–Trinajstić information content (AvgIpc) is 2.54. The lowest BCUT2D eigenvalue weighted by Gasteiger charge is -2.68. The van der Waals surface area contributed by atoms with Gasteiger partial charge in [0.25, 0.3) is 0 Å². The number of hydrogen-bond donors (Lipinski definition) is 2. The summed E-state index contributed by atoms with van der Waals surface area (Å²) in [6.45, 7) is 4.80. The lowest BCUT2D eigenvalue weighted by molar-refractivity contribution is -0.207. The van der Waals surface area contributed by atoms with Crippen LogP contribution in [0.15, 0.2) is 0 Å². The zero-order chi connectivity index (χ0) is 16.5. The second-order valence-electron chi connectivity index (χ2n) is 9.77. The Morgan fingerprint density at radius 3 is 2.52 bits per heavy atom. The quantitative estimate of drug-likeness (QED) is 0.805. The second kappa shape index (κ2) is 4.97. The molecule has 0 saturated heterocycles. The van der Waals surface area contributed by atoms with Gasteiger partial charge < -0.3 is 10.2 Å². The minimum Gasteiger partial charge on any atom is -0.481 e. The normalized spacial score (nSPS) is 55.1. The predicted molar refractivity (Wildman–Crippen MR) is 88.9 cm³/mol. The van der Waals surface area contributed by atoms with Gasteiger partial charge in [-0.3, -0.25) is 4.79 Å². The first-order valence-electron chi connectivity index (χ1n) is 9.70. The van der Waals surface area contributed by atoms with E-state index >= 15 is 0 Å². The van der Waals surface area contributed by atoms with Crippen LogP contribution in [0.5, 0.6) is 0 Å². The molecule has 130 valence electrons. The van der Waals surface area contributed by atoms with Crippen LogP contribution in [0.1, 0.15) is 71.6 Å². The Morgan fingerprint density at radius 1 is 1.09 bits per heavy atom. The van der Waals surface area contributed by atoms with Crippen molar-refractivity contribution in [2.24, 2.45) is 39.9 Å². The maximum Gasteiger partial charge on any atom is 0.309 e. The maximum atomic E-state index is 12.1. The van der Waals surface area contributed by atoms with E-state index in [1.54, 1.807) is 0 Å². The molecule has 0 heterocycles. The van der Waals surface area contributed by atoms with Crippen LogP contribution in [-0.2, 0) is 4.79 Å². The molecular weight excluding hydrogens is 288 g/mol. The van der Waals surface area contributed by atoms with Crippen molar-refractivity contribution in [3.8, 4) is 0 Å². The summed E-state index contributed by atoms with van der Waals surface area (Å²) in [7, 11) is 0. The highest BCUT2D eigenvalue weighted by Gasteiger charge is 2.65. The van der Waals surface area contributed by atoms with E-state index in [4.69, 9.17) is 0 Å². The fourth-order valence-corrected chi connectivity index (χ4v) is 7.93. The van der Waals surface area contributed by atoms with Gasteiger partial charge in [0.1, 0.15) is 0 Å². The Bertz CT molecular complexity index is 517. The molecule has 2 N–H and O–H groups in total. The van der Waals surface area contributed by atoms with Gasteiger partial charge in [-0.25, -0.2) is 0 Å². The van der Waals surface area contributed by atoms with E-state index in [0.717, 1.165) is 19.3 Å². The van der Waals surface area contributed by atoms with Crippen molar-refractivity contribution in [3.05, 3.63) is 0 Å². The monoisotopic (exact) mass is 320 g/mol. The van der Waals surface area contributed by atoms with Gasteiger partial charge in [-0.2, -0.15) is 0 Å². The highest BCUT2D eigenvalue weighted by Crippen LogP contribution is 2.72. The smallest absolute Gasteiger partial charge is 0.309 e. The van der Waals surface area contributed by atoms with Crippen molar-refractivity contribution in [3.63, 3.8) is 0 Å². The minimum absolute atomic E-state index is 0.197. The number of carboxylic acids is 1. The lowest BCUT2D eigenvalue weighted by atomic mass is 9.36. The summed E-state index contributed by atoms with van der Waals surface area (Å²) in [5, 5.41) is 19.7. The van der Waals surface area contributed by atoms with E-state index in [1.165, 1.54) is 38.5 Å². The van der Waals surface area contributed by atoms with E-state index in [1.807, 2.05) is 6.92 Å². The van der Waals surface area contributed by atoms with Crippen molar-refractivity contribution in [1.82, 2.24) is 0 Å². The van der Waals surface area contributed by atoms with Crippen molar-refractivity contribution in [2.45, 2.75) is 71.6 Å². The van der Waals surface area contributed by atoms with Gasteiger partial charge in [0, 0.05) is 6.61 Å². The summed E-state index contributed by atoms with van der Waals surface area (Å²) < 4.78 is 0. The molecular formula is C20H32O3. The van der Waals surface area contributed by atoms with Crippen molar-refractivity contribution in [1.29, 1.82) is 0 Å². The fourth-order valence-electron chi connectivity index (χ4n) is 7.93. The molecule has 0 aromatic carbocycles. The molecule has 3 nitrogen and oxygen atoms in total. The number of hydrogen-bond acceptors (Lipinski definition) is 2. The van der Waals surface area contributed by atoms with E-state index in [2.05, 4.69) is 6.92 Å². The Labute approximate surface area is 139 Å². The zero-order valence-corrected chi connectivity index (χ0v) is 14.7. The highest BCUT2D eigenvalue weighted by atomic mass is 16.4. The van der Waals surface area contributed by atoms with Crippen LogP contribution in [0, 0.1) is 39.9 Å². The highest BCUT2D eigenvalue weighted by molar-refractivity contribution is 5.75. The Morgan fingerprint density at radius 2 is 1.83 bits per heavy atom. The standard InChI is InChI=1S/C20H32O3/c1-18-6-3-7-19(2,17(22)23)15(18)5-9-20-8-4-13(10-16(18)20)14(11-20)12-21/h13-16,21H,3-12H2,1-2H3,(H,22,23). The average molecular weight is 320 g/mol. The molecule has 0 aliphatic heterocycles. The van der Waals surface area contributed by atoms with E-state index in [9.17, 15) is 15.0 Å². The number of carbonyl (C=O) groups is 1. The fraction of sp³-hybridized carbons (Fsp3) is 0.950. The molecule has 5 aliphatic rings. The molecule has 0 aromatic heterocycles. The van der Waals surface area contributed by atoms with E-state index in [0.29, 0.717) is 35.7 Å². The van der Waals surface area contributed by atoms with Gasteiger partial charge in [-0.1, -0.05) is 13.3 Å². The first-order valence-corrected chi connectivity index (χ1v) is 9.70. The molecule has 23 heavy (non-hydrogen) atoms. The number of aliphatic hydroxyl groups excluding tert-OH is 1. The van der Waals surface area contributed by atoms with Crippen LogP contribution < -0.4 is 0 Å².